The third kappa shape index (κ3) is 4.64. The fourth-order valence-electron chi connectivity index (χ4n) is 3.74. The summed E-state index contributed by atoms with van der Waals surface area (Å²) in [6.07, 6.45) is 4.74. The van der Waals surface area contributed by atoms with E-state index >= 15 is 0 Å². The van der Waals surface area contributed by atoms with E-state index < -0.39 is 0 Å². The van der Waals surface area contributed by atoms with E-state index in [9.17, 15) is 4.79 Å². The van der Waals surface area contributed by atoms with Gasteiger partial charge < -0.3 is 10.2 Å². The largest absolute Gasteiger partial charge is 0.368 e. The summed E-state index contributed by atoms with van der Waals surface area (Å²) in [5, 5.41) is 4.02. The molecule has 4 nitrogen and oxygen atoms in total. The van der Waals surface area contributed by atoms with Crippen molar-refractivity contribution < 1.29 is 4.79 Å². The van der Waals surface area contributed by atoms with Crippen molar-refractivity contribution in [2.45, 2.75) is 38.6 Å². The van der Waals surface area contributed by atoms with Crippen LogP contribution < -0.4 is 10.2 Å². The Labute approximate surface area is 150 Å². The molecule has 1 heterocycles. The molecule has 1 aliphatic carbocycles. The highest BCUT2D eigenvalue weighted by molar-refractivity contribution is 6.33. The van der Waals surface area contributed by atoms with E-state index in [-0.39, 0.29) is 5.91 Å². The van der Waals surface area contributed by atoms with Gasteiger partial charge in [-0.25, -0.2) is 0 Å². The van der Waals surface area contributed by atoms with Crippen molar-refractivity contribution in [3.05, 3.63) is 29.3 Å². The van der Waals surface area contributed by atoms with E-state index in [2.05, 4.69) is 28.1 Å². The van der Waals surface area contributed by atoms with Gasteiger partial charge in [-0.3, -0.25) is 9.69 Å². The molecule has 1 saturated heterocycles. The van der Waals surface area contributed by atoms with Crippen LogP contribution in [0.1, 0.15) is 32.6 Å². The van der Waals surface area contributed by atoms with Gasteiger partial charge in [0.15, 0.2) is 0 Å². The van der Waals surface area contributed by atoms with Crippen LogP contribution in [0, 0.1) is 5.92 Å². The number of halogens is 1. The van der Waals surface area contributed by atoms with Crippen LogP contribution in [0.25, 0.3) is 0 Å². The number of carbonyl (C=O) groups excluding carboxylic acids is 1. The lowest BCUT2D eigenvalue weighted by Gasteiger charge is -2.36. The molecule has 1 amide bonds. The molecule has 0 radical (unpaired) electrons. The predicted octanol–water partition coefficient (Wildman–Crippen LogP) is 3.16. The molecule has 0 atom stereocenters. The Morgan fingerprint density at radius 2 is 1.79 bits per heavy atom. The van der Waals surface area contributed by atoms with E-state index in [1.165, 1.54) is 12.8 Å². The quantitative estimate of drug-likeness (QED) is 0.907. The SMILES string of the molecule is CC1CCC(NC(=O)CN2CCN(c3ccccc3Cl)CC2)CC1. The van der Waals surface area contributed by atoms with Crippen LogP contribution in [-0.2, 0) is 4.79 Å². The van der Waals surface area contributed by atoms with Gasteiger partial charge >= 0.3 is 0 Å². The number of carbonyl (C=O) groups is 1. The number of nitrogens with one attached hydrogen (secondary N) is 1. The van der Waals surface area contributed by atoms with Crippen molar-refractivity contribution >= 4 is 23.2 Å². The van der Waals surface area contributed by atoms with Gasteiger partial charge in [-0.15, -0.1) is 0 Å². The number of piperazine rings is 1. The first kappa shape index (κ1) is 17.6. The Kier molecular flexibility index (Phi) is 6.01. The Bertz CT molecular complexity index is 549. The summed E-state index contributed by atoms with van der Waals surface area (Å²) in [6.45, 7) is 6.45. The lowest BCUT2D eigenvalue weighted by molar-refractivity contribution is -0.123. The summed E-state index contributed by atoms with van der Waals surface area (Å²) < 4.78 is 0. The van der Waals surface area contributed by atoms with Crippen LogP contribution in [0.3, 0.4) is 0 Å². The van der Waals surface area contributed by atoms with Gasteiger partial charge in [-0.05, 0) is 43.7 Å². The first-order valence-corrected chi connectivity index (χ1v) is 9.51. The van der Waals surface area contributed by atoms with Gasteiger partial charge in [0.05, 0.1) is 17.3 Å². The minimum atomic E-state index is 0.181. The van der Waals surface area contributed by atoms with Crippen LogP contribution in [-0.4, -0.2) is 49.6 Å². The van der Waals surface area contributed by atoms with Gasteiger partial charge in [-0.1, -0.05) is 30.7 Å². The molecule has 132 valence electrons. The summed E-state index contributed by atoms with van der Waals surface area (Å²) in [5.41, 5.74) is 1.10. The highest BCUT2D eigenvalue weighted by Gasteiger charge is 2.23. The molecule has 3 rings (SSSR count). The lowest BCUT2D eigenvalue weighted by Crippen LogP contribution is -2.50. The zero-order valence-corrected chi connectivity index (χ0v) is 15.3. The van der Waals surface area contributed by atoms with Crippen LogP contribution in [0.2, 0.25) is 5.02 Å². The molecule has 1 aromatic carbocycles. The summed E-state index contributed by atoms with van der Waals surface area (Å²) in [4.78, 5) is 16.8. The lowest BCUT2D eigenvalue weighted by atomic mass is 9.87. The molecular weight excluding hydrogens is 322 g/mol. The van der Waals surface area contributed by atoms with Crippen molar-refractivity contribution in [3.8, 4) is 0 Å². The predicted molar refractivity (Wildman–Crippen MR) is 99.7 cm³/mol. The maximum atomic E-state index is 12.3. The third-order valence-corrected chi connectivity index (χ3v) is 5.63. The van der Waals surface area contributed by atoms with Gasteiger partial charge in [0, 0.05) is 32.2 Å². The summed E-state index contributed by atoms with van der Waals surface area (Å²) >= 11 is 6.28. The van der Waals surface area contributed by atoms with Crippen molar-refractivity contribution in [3.63, 3.8) is 0 Å². The number of hydrogen-bond donors (Lipinski definition) is 1. The Balaban J connectivity index is 1.42. The number of para-hydroxylation sites is 1. The number of nitrogens with zero attached hydrogens (tertiary/aromatic N) is 2. The van der Waals surface area contributed by atoms with Crippen LogP contribution in [0.15, 0.2) is 24.3 Å². The zero-order valence-electron chi connectivity index (χ0n) is 14.5. The van der Waals surface area contributed by atoms with Gasteiger partial charge in [0.1, 0.15) is 0 Å². The molecule has 0 unspecified atom stereocenters. The monoisotopic (exact) mass is 349 g/mol. The van der Waals surface area contributed by atoms with Crippen LogP contribution >= 0.6 is 11.6 Å². The van der Waals surface area contributed by atoms with Crippen molar-refractivity contribution in [1.82, 2.24) is 10.2 Å². The molecule has 1 aliphatic heterocycles. The second kappa shape index (κ2) is 8.21. The molecule has 0 aromatic heterocycles. The smallest absolute Gasteiger partial charge is 0.234 e. The number of hydrogen-bond acceptors (Lipinski definition) is 3. The summed E-state index contributed by atoms with van der Waals surface area (Å²) in [6, 6.07) is 8.36. The molecule has 24 heavy (non-hydrogen) atoms. The average Bonchev–Trinajstić information content (AvgIpc) is 2.58. The van der Waals surface area contributed by atoms with Crippen LogP contribution in [0.5, 0.6) is 0 Å². The zero-order chi connectivity index (χ0) is 16.9. The maximum absolute atomic E-state index is 12.3. The molecule has 0 bridgehead atoms. The fourth-order valence-corrected chi connectivity index (χ4v) is 3.99. The average molecular weight is 350 g/mol. The molecule has 5 heteroatoms. The Morgan fingerprint density at radius 3 is 2.46 bits per heavy atom. The molecule has 1 N–H and O–H groups in total. The fraction of sp³-hybridized carbons (Fsp3) is 0.632. The second-order valence-electron chi connectivity index (χ2n) is 7.24. The molecular formula is C19H28ClN3O. The Hall–Kier alpha value is -1.26. The maximum Gasteiger partial charge on any atom is 0.234 e. The normalized spacial score (nSPS) is 25.5. The molecule has 1 aromatic rings. The van der Waals surface area contributed by atoms with Gasteiger partial charge in [-0.2, -0.15) is 0 Å². The molecule has 2 aliphatic rings. The Morgan fingerprint density at radius 1 is 1.12 bits per heavy atom. The van der Waals surface area contributed by atoms with E-state index in [1.54, 1.807) is 0 Å². The minimum absolute atomic E-state index is 0.181. The first-order valence-electron chi connectivity index (χ1n) is 9.13. The molecule has 1 saturated carbocycles. The third-order valence-electron chi connectivity index (χ3n) is 5.31. The van der Waals surface area contributed by atoms with E-state index in [1.807, 2.05) is 18.2 Å². The van der Waals surface area contributed by atoms with Crippen molar-refractivity contribution in [2.24, 2.45) is 5.92 Å². The highest BCUT2D eigenvalue weighted by Crippen LogP contribution is 2.26. The number of amides is 1. The van der Waals surface area contributed by atoms with E-state index in [0.717, 1.165) is 55.6 Å². The van der Waals surface area contributed by atoms with Gasteiger partial charge in [0.2, 0.25) is 5.91 Å². The second-order valence-corrected chi connectivity index (χ2v) is 7.65. The number of anilines is 1. The van der Waals surface area contributed by atoms with Crippen molar-refractivity contribution in [2.75, 3.05) is 37.6 Å². The summed E-state index contributed by atoms with van der Waals surface area (Å²) in [5.74, 6) is 0.997. The van der Waals surface area contributed by atoms with Crippen molar-refractivity contribution in [1.29, 1.82) is 0 Å². The number of benzene rings is 1. The standard InChI is InChI=1S/C19H28ClN3O/c1-15-6-8-16(9-7-15)21-19(24)14-22-10-12-23(13-11-22)18-5-3-2-4-17(18)20/h2-5,15-16H,6-14H2,1H3,(H,21,24). The van der Waals surface area contributed by atoms with Gasteiger partial charge in [0.25, 0.3) is 0 Å². The first-order chi connectivity index (χ1) is 11.6. The van der Waals surface area contributed by atoms with E-state index in [4.69, 9.17) is 11.6 Å². The highest BCUT2D eigenvalue weighted by atomic mass is 35.5. The minimum Gasteiger partial charge on any atom is -0.368 e. The van der Waals surface area contributed by atoms with Crippen LogP contribution in [0.4, 0.5) is 5.69 Å². The van der Waals surface area contributed by atoms with E-state index in [0.29, 0.717) is 12.6 Å². The number of rotatable bonds is 4. The molecule has 2 fully saturated rings. The molecule has 0 spiro atoms. The summed E-state index contributed by atoms with van der Waals surface area (Å²) in [7, 11) is 0. The topological polar surface area (TPSA) is 35.6 Å².